The molecule has 2 aromatic heterocycles. The Bertz CT molecular complexity index is 1390. The first-order valence-electron chi connectivity index (χ1n) is 12.6. The van der Waals surface area contributed by atoms with Gasteiger partial charge in [0.25, 0.3) is 5.56 Å². The summed E-state index contributed by atoms with van der Waals surface area (Å²) in [6.45, 7) is 6.33. The largest absolute Gasteiger partial charge is 0.381 e. The van der Waals surface area contributed by atoms with Gasteiger partial charge in [0.15, 0.2) is 0 Å². The number of hydrogen-bond donors (Lipinski definition) is 2. The number of H-pyrrole nitrogens is 1. The monoisotopic (exact) mass is 506 g/mol. The van der Waals surface area contributed by atoms with Gasteiger partial charge in [-0.3, -0.25) is 20.3 Å². The van der Waals surface area contributed by atoms with Crippen LogP contribution < -0.4 is 16.0 Å². The number of hydrazine groups is 1. The van der Waals surface area contributed by atoms with E-state index in [0.29, 0.717) is 30.5 Å². The third kappa shape index (κ3) is 3.79. The molecule has 2 N–H and O–H groups in total. The fraction of sp³-hybridized carbons (Fsp3) is 0.407. The maximum atomic E-state index is 13.8. The standard InChI is InChI=1S/C27H31ClN6O2/c1-3-27(2)17-36-15-12-22(27)34-26(35)24-23(31-34)20-6-4-7-21(28)25(20)33(30-24)16-18-8-10-19(11-9-18)32-14-5-13-29-32/h4-8,10-11,13-14,18,22,30-31H,3,9,12,15-17H2,1-2H3. The van der Waals surface area contributed by atoms with Gasteiger partial charge in [-0.1, -0.05) is 49.7 Å². The van der Waals surface area contributed by atoms with E-state index in [1.165, 1.54) is 0 Å². The van der Waals surface area contributed by atoms with E-state index in [2.05, 4.69) is 47.7 Å². The van der Waals surface area contributed by atoms with E-state index in [-0.39, 0.29) is 22.9 Å². The average molecular weight is 507 g/mol. The lowest BCUT2D eigenvalue weighted by atomic mass is 9.78. The van der Waals surface area contributed by atoms with Crippen molar-refractivity contribution in [1.82, 2.24) is 19.6 Å². The van der Waals surface area contributed by atoms with Crippen molar-refractivity contribution in [3.05, 3.63) is 70.3 Å². The molecule has 3 unspecified atom stereocenters. The number of benzene rings is 1. The van der Waals surface area contributed by atoms with E-state index in [1.807, 2.05) is 44.8 Å². The number of aromatic amines is 1. The van der Waals surface area contributed by atoms with Gasteiger partial charge < -0.3 is 4.74 Å². The van der Waals surface area contributed by atoms with Crippen molar-refractivity contribution < 1.29 is 4.74 Å². The Kier molecular flexibility index (Phi) is 5.80. The summed E-state index contributed by atoms with van der Waals surface area (Å²) in [5, 5.41) is 10.5. The number of para-hydroxylation sites is 1. The topological polar surface area (TPSA) is 80.1 Å². The number of hydrogen-bond acceptors (Lipinski definition) is 5. The summed E-state index contributed by atoms with van der Waals surface area (Å²) in [5.41, 5.74) is 7.54. The fourth-order valence-corrected chi connectivity index (χ4v) is 5.91. The van der Waals surface area contributed by atoms with Crippen LogP contribution in [-0.2, 0) is 4.74 Å². The highest BCUT2D eigenvalue weighted by atomic mass is 35.5. The first-order chi connectivity index (χ1) is 17.5. The molecule has 0 spiro atoms. The number of anilines is 2. The van der Waals surface area contributed by atoms with Gasteiger partial charge >= 0.3 is 0 Å². The van der Waals surface area contributed by atoms with Crippen molar-refractivity contribution in [2.75, 3.05) is 30.2 Å². The summed E-state index contributed by atoms with van der Waals surface area (Å²) in [6, 6.07) is 7.83. The highest BCUT2D eigenvalue weighted by Crippen LogP contribution is 2.45. The van der Waals surface area contributed by atoms with Crippen molar-refractivity contribution in [3.63, 3.8) is 0 Å². The fourth-order valence-electron chi connectivity index (χ4n) is 5.63. The molecule has 3 aromatic rings. The van der Waals surface area contributed by atoms with Gasteiger partial charge in [-0.25, -0.2) is 9.36 Å². The number of aromatic nitrogens is 4. The summed E-state index contributed by atoms with van der Waals surface area (Å²) >= 11 is 6.74. The van der Waals surface area contributed by atoms with Crippen LogP contribution in [0.3, 0.4) is 0 Å². The Morgan fingerprint density at radius 2 is 2.19 bits per heavy atom. The molecule has 1 aliphatic carbocycles. The van der Waals surface area contributed by atoms with Crippen LogP contribution in [-0.4, -0.2) is 39.3 Å². The van der Waals surface area contributed by atoms with Gasteiger partial charge in [-0.2, -0.15) is 5.10 Å². The van der Waals surface area contributed by atoms with Crippen molar-refractivity contribution in [2.24, 2.45) is 11.3 Å². The van der Waals surface area contributed by atoms with E-state index in [9.17, 15) is 4.79 Å². The molecule has 1 fully saturated rings. The molecule has 2 aliphatic heterocycles. The number of fused-ring (bicyclic) bond motifs is 3. The molecule has 9 heteroatoms. The van der Waals surface area contributed by atoms with Crippen LogP contribution in [0, 0.1) is 11.3 Å². The summed E-state index contributed by atoms with van der Waals surface area (Å²) < 4.78 is 9.47. The van der Waals surface area contributed by atoms with Crippen LogP contribution in [0.4, 0.5) is 11.4 Å². The molecular weight excluding hydrogens is 476 g/mol. The second-order valence-corrected chi connectivity index (χ2v) is 10.6. The molecule has 1 saturated heterocycles. The van der Waals surface area contributed by atoms with Gasteiger partial charge in [-0.15, -0.1) is 0 Å². The first kappa shape index (κ1) is 23.2. The number of nitrogens with one attached hydrogen (secondary N) is 2. The molecule has 1 aromatic carbocycles. The highest BCUT2D eigenvalue weighted by molar-refractivity contribution is 6.34. The Balaban J connectivity index is 1.33. The zero-order valence-corrected chi connectivity index (χ0v) is 21.3. The Morgan fingerprint density at radius 3 is 2.94 bits per heavy atom. The second kappa shape index (κ2) is 9.01. The van der Waals surface area contributed by atoms with E-state index in [1.54, 1.807) is 6.20 Å². The molecule has 8 nitrogen and oxygen atoms in total. The number of ether oxygens (including phenoxy) is 1. The molecule has 0 saturated carbocycles. The summed E-state index contributed by atoms with van der Waals surface area (Å²) in [6.07, 6.45) is 12.8. The number of nitrogens with zero attached hydrogens (tertiary/aromatic N) is 4. The molecule has 188 valence electrons. The third-order valence-electron chi connectivity index (χ3n) is 7.93. The quantitative estimate of drug-likeness (QED) is 0.488. The minimum Gasteiger partial charge on any atom is -0.381 e. The van der Waals surface area contributed by atoms with Crippen LogP contribution >= 0.6 is 11.6 Å². The summed E-state index contributed by atoms with van der Waals surface area (Å²) in [4.78, 5) is 13.8. The van der Waals surface area contributed by atoms with E-state index in [4.69, 9.17) is 16.3 Å². The van der Waals surface area contributed by atoms with Crippen LogP contribution in [0.25, 0.3) is 17.0 Å². The predicted molar refractivity (Wildman–Crippen MR) is 143 cm³/mol. The normalized spacial score (nSPS) is 25.2. The predicted octanol–water partition coefficient (Wildman–Crippen LogP) is 5.34. The Labute approximate surface area is 215 Å². The van der Waals surface area contributed by atoms with Crippen LogP contribution in [0.5, 0.6) is 0 Å². The number of rotatable bonds is 5. The van der Waals surface area contributed by atoms with Gasteiger partial charge in [0.1, 0.15) is 5.69 Å². The third-order valence-corrected chi connectivity index (χ3v) is 8.24. The molecule has 3 aliphatic rings. The Morgan fingerprint density at radius 1 is 1.31 bits per heavy atom. The van der Waals surface area contributed by atoms with E-state index >= 15 is 0 Å². The van der Waals surface area contributed by atoms with Crippen molar-refractivity contribution in [3.8, 4) is 11.3 Å². The first-order valence-corrected chi connectivity index (χ1v) is 13.0. The molecule has 0 bridgehead atoms. The number of halogens is 1. The van der Waals surface area contributed by atoms with Crippen molar-refractivity contribution >= 4 is 28.7 Å². The lowest BCUT2D eigenvalue weighted by Crippen LogP contribution is -2.43. The van der Waals surface area contributed by atoms with Crippen LogP contribution in [0.1, 0.15) is 39.2 Å². The lowest BCUT2D eigenvalue weighted by molar-refractivity contribution is -0.0424. The minimum absolute atomic E-state index is 0.0350. The second-order valence-electron chi connectivity index (χ2n) is 10.2. The Hall–Kier alpha value is -3.23. The lowest BCUT2D eigenvalue weighted by Gasteiger charge is -2.40. The highest BCUT2D eigenvalue weighted by Gasteiger charge is 2.40. The molecule has 4 heterocycles. The molecule has 0 amide bonds. The van der Waals surface area contributed by atoms with Gasteiger partial charge in [0, 0.05) is 42.4 Å². The maximum absolute atomic E-state index is 13.8. The zero-order chi connectivity index (χ0) is 24.9. The van der Waals surface area contributed by atoms with Crippen molar-refractivity contribution in [2.45, 2.75) is 39.2 Å². The minimum atomic E-state index is -0.113. The molecular formula is C27H31ClN6O2. The van der Waals surface area contributed by atoms with Gasteiger partial charge in [0.05, 0.1) is 34.7 Å². The van der Waals surface area contributed by atoms with E-state index < -0.39 is 0 Å². The molecule has 6 rings (SSSR count). The molecule has 3 atom stereocenters. The zero-order valence-electron chi connectivity index (χ0n) is 20.6. The van der Waals surface area contributed by atoms with Crippen molar-refractivity contribution in [1.29, 1.82) is 0 Å². The SMILES string of the molecule is CCC1(C)COCCC1n1[nH]c2c(c1=O)NN(CC1C=CC(n3cccn3)=CC1)c1c(Cl)cccc1-2. The summed E-state index contributed by atoms with van der Waals surface area (Å²) in [7, 11) is 0. The van der Waals surface area contributed by atoms with Gasteiger partial charge in [0.2, 0.25) is 0 Å². The molecule has 36 heavy (non-hydrogen) atoms. The van der Waals surface area contributed by atoms with Crippen LogP contribution in [0.15, 0.2) is 59.7 Å². The molecule has 0 radical (unpaired) electrons. The average Bonchev–Trinajstić information content (AvgIpc) is 3.54. The number of allylic oxidation sites excluding steroid dienone is 3. The smallest absolute Gasteiger partial charge is 0.292 e. The summed E-state index contributed by atoms with van der Waals surface area (Å²) in [5.74, 6) is 0.252. The van der Waals surface area contributed by atoms with Crippen LogP contribution in [0.2, 0.25) is 5.02 Å². The van der Waals surface area contributed by atoms with E-state index in [0.717, 1.165) is 41.9 Å². The maximum Gasteiger partial charge on any atom is 0.292 e. The van der Waals surface area contributed by atoms with Gasteiger partial charge in [-0.05, 0) is 37.5 Å².